The van der Waals surface area contributed by atoms with Crippen LogP contribution in [0.3, 0.4) is 0 Å². The second-order valence-electron chi connectivity index (χ2n) is 5.56. The second-order valence-corrected chi connectivity index (χ2v) is 5.56. The highest BCUT2D eigenvalue weighted by Crippen LogP contribution is 2.55. The Balaban J connectivity index is 2.45. The minimum absolute atomic E-state index is 0.0960. The zero-order valence-corrected chi connectivity index (χ0v) is 9.76. The van der Waals surface area contributed by atoms with Gasteiger partial charge in [0.1, 0.15) is 11.6 Å². The van der Waals surface area contributed by atoms with Gasteiger partial charge >= 0.3 is 5.97 Å². The Morgan fingerprint density at radius 1 is 1.18 bits per heavy atom. The van der Waals surface area contributed by atoms with E-state index in [0.717, 1.165) is 18.2 Å². The number of hydrogen-bond donors (Lipinski definition) is 1. The van der Waals surface area contributed by atoms with Gasteiger partial charge in [0.25, 0.3) is 0 Å². The summed E-state index contributed by atoms with van der Waals surface area (Å²) in [4.78, 5) is 11.4. The molecule has 1 aliphatic rings. The summed E-state index contributed by atoms with van der Waals surface area (Å²) in [5, 5.41) is 9.31. The van der Waals surface area contributed by atoms with E-state index in [4.69, 9.17) is 0 Å². The van der Waals surface area contributed by atoms with Crippen LogP contribution in [-0.2, 0) is 10.2 Å². The average Bonchev–Trinajstić information content (AvgIpc) is 2.11. The van der Waals surface area contributed by atoms with Crippen molar-refractivity contribution in [2.24, 2.45) is 5.41 Å². The molecule has 17 heavy (non-hydrogen) atoms. The van der Waals surface area contributed by atoms with E-state index in [0.29, 0.717) is 12.8 Å². The van der Waals surface area contributed by atoms with Crippen molar-refractivity contribution in [3.8, 4) is 0 Å². The Morgan fingerprint density at radius 3 is 2.00 bits per heavy atom. The predicted octanol–water partition coefficient (Wildman–Crippen LogP) is 3.11. The first-order valence-corrected chi connectivity index (χ1v) is 5.45. The Labute approximate surface area is 98.3 Å². The van der Waals surface area contributed by atoms with Gasteiger partial charge in [0.05, 0.1) is 5.41 Å². The van der Waals surface area contributed by atoms with E-state index in [2.05, 4.69) is 0 Å². The van der Waals surface area contributed by atoms with Gasteiger partial charge in [0.2, 0.25) is 0 Å². The van der Waals surface area contributed by atoms with Crippen molar-refractivity contribution in [3.05, 3.63) is 35.4 Å². The molecule has 1 aliphatic carbocycles. The van der Waals surface area contributed by atoms with Crippen molar-refractivity contribution in [3.63, 3.8) is 0 Å². The van der Waals surface area contributed by atoms with Crippen LogP contribution >= 0.6 is 0 Å². The molecule has 2 rings (SSSR count). The first-order chi connectivity index (χ1) is 7.75. The standard InChI is InChI=1S/C13H14F2O2/c1-12(2)6-13(7-12,11(16)17)8-3-9(14)5-10(15)4-8/h3-5H,6-7H2,1-2H3,(H,16,17). The molecule has 4 heteroatoms. The fourth-order valence-electron chi connectivity index (χ4n) is 2.89. The quantitative estimate of drug-likeness (QED) is 0.862. The molecular weight excluding hydrogens is 226 g/mol. The maximum Gasteiger partial charge on any atom is 0.314 e. The van der Waals surface area contributed by atoms with E-state index < -0.39 is 23.0 Å². The van der Waals surface area contributed by atoms with Gasteiger partial charge in [-0.05, 0) is 36.0 Å². The molecule has 0 aliphatic heterocycles. The molecule has 0 amide bonds. The lowest BCUT2D eigenvalue weighted by Gasteiger charge is -2.50. The first kappa shape index (κ1) is 12.0. The lowest BCUT2D eigenvalue weighted by atomic mass is 9.52. The summed E-state index contributed by atoms with van der Waals surface area (Å²) in [5.41, 5.74) is -1.00. The molecule has 1 aromatic rings. The van der Waals surface area contributed by atoms with Crippen LogP contribution in [0.2, 0.25) is 0 Å². The SMILES string of the molecule is CC1(C)CC(C(=O)O)(c2cc(F)cc(F)c2)C1. The van der Waals surface area contributed by atoms with E-state index in [-0.39, 0.29) is 11.0 Å². The third-order valence-corrected chi connectivity index (χ3v) is 3.39. The minimum atomic E-state index is -1.13. The van der Waals surface area contributed by atoms with Crippen LogP contribution in [0.5, 0.6) is 0 Å². The lowest BCUT2D eigenvalue weighted by Crippen LogP contribution is -2.52. The fourth-order valence-corrected chi connectivity index (χ4v) is 2.89. The smallest absolute Gasteiger partial charge is 0.314 e. The van der Waals surface area contributed by atoms with Crippen molar-refractivity contribution in [2.75, 3.05) is 0 Å². The van der Waals surface area contributed by atoms with Gasteiger partial charge in [0, 0.05) is 6.07 Å². The third kappa shape index (κ3) is 1.92. The number of halogens is 2. The predicted molar refractivity (Wildman–Crippen MR) is 58.7 cm³/mol. The van der Waals surface area contributed by atoms with Crippen molar-refractivity contribution in [1.29, 1.82) is 0 Å². The van der Waals surface area contributed by atoms with E-state index in [1.165, 1.54) is 0 Å². The number of carbonyl (C=O) groups is 1. The molecule has 2 nitrogen and oxygen atoms in total. The topological polar surface area (TPSA) is 37.3 Å². The average molecular weight is 240 g/mol. The monoisotopic (exact) mass is 240 g/mol. The number of benzene rings is 1. The largest absolute Gasteiger partial charge is 0.481 e. The Morgan fingerprint density at radius 2 is 1.65 bits per heavy atom. The summed E-state index contributed by atoms with van der Waals surface area (Å²) >= 11 is 0. The van der Waals surface area contributed by atoms with Crippen LogP contribution in [-0.4, -0.2) is 11.1 Å². The highest BCUT2D eigenvalue weighted by Gasteiger charge is 2.55. The first-order valence-electron chi connectivity index (χ1n) is 5.45. The van der Waals surface area contributed by atoms with E-state index in [1.54, 1.807) is 0 Å². The molecule has 0 atom stereocenters. The van der Waals surface area contributed by atoms with E-state index in [1.807, 2.05) is 13.8 Å². The van der Waals surface area contributed by atoms with Gasteiger partial charge in [0.15, 0.2) is 0 Å². The van der Waals surface area contributed by atoms with Crippen LogP contribution in [0, 0.1) is 17.0 Å². The summed E-state index contributed by atoms with van der Waals surface area (Å²) in [5.74, 6) is -2.47. The van der Waals surface area contributed by atoms with Crippen molar-refractivity contribution < 1.29 is 18.7 Å². The Bertz CT molecular complexity index is 452. The highest BCUT2D eigenvalue weighted by atomic mass is 19.1. The molecule has 1 aromatic carbocycles. The Hall–Kier alpha value is -1.45. The molecule has 1 fully saturated rings. The van der Waals surface area contributed by atoms with E-state index in [9.17, 15) is 18.7 Å². The summed E-state index contributed by atoms with van der Waals surface area (Å²) in [7, 11) is 0. The van der Waals surface area contributed by atoms with E-state index >= 15 is 0 Å². The van der Waals surface area contributed by atoms with Gasteiger partial charge in [-0.1, -0.05) is 13.8 Å². The lowest BCUT2D eigenvalue weighted by molar-refractivity contribution is -0.153. The van der Waals surface area contributed by atoms with Crippen LogP contribution in [0.25, 0.3) is 0 Å². The highest BCUT2D eigenvalue weighted by molar-refractivity contribution is 5.83. The molecule has 0 unspecified atom stereocenters. The molecular formula is C13H14F2O2. The molecule has 0 radical (unpaired) electrons. The molecule has 0 saturated heterocycles. The summed E-state index contributed by atoms with van der Waals surface area (Å²) in [6.45, 7) is 3.90. The van der Waals surface area contributed by atoms with Crippen LogP contribution in [0.1, 0.15) is 32.3 Å². The molecule has 92 valence electrons. The molecule has 0 aromatic heterocycles. The summed E-state index contributed by atoms with van der Waals surface area (Å²) in [6, 6.07) is 2.99. The van der Waals surface area contributed by atoms with Gasteiger partial charge in [-0.15, -0.1) is 0 Å². The zero-order chi connectivity index (χ0) is 12.8. The summed E-state index contributed by atoms with van der Waals surface area (Å²) in [6.07, 6.45) is 0.802. The third-order valence-electron chi connectivity index (χ3n) is 3.39. The molecule has 1 N–H and O–H groups in total. The fraction of sp³-hybridized carbons (Fsp3) is 0.462. The number of rotatable bonds is 2. The number of aliphatic carboxylic acids is 1. The van der Waals surface area contributed by atoms with Gasteiger partial charge in [-0.3, -0.25) is 4.79 Å². The van der Waals surface area contributed by atoms with Crippen molar-refractivity contribution >= 4 is 5.97 Å². The number of carboxylic acid groups (broad SMARTS) is 1. The van der Waals surface area contributed by atoms with Crippen molar-refractivity contribution in [1.82, 2.24) is 0 Å². The number of hydrogen-bond acceptors (Lipinski definition) is 1. The van der Waals surface area contributed by atoms with Crippen LogP contribution < -0.4 is 0 Å². The Kier molecular flexibility index (Phi) is 2.49. The van der Waals surface area contributed by atoms with Crippen molar-refractivity contribution in [2.45, 2.75) is 32.1 Å². The van der Waals surface area contributed by atoms with Gasteiger partial charge in [-0.2, -0.15) is 0 Å². The normalized spacial score (nSPS) is 20.7. The van der Waals surface area contributed by atoms with Crippen LogP contribution in [0.4, 0.5) is 8.78 Å². The minimum Gasteiger partial charge on any atom is -0.481 e. The maximum absolute atomic E-state index is 13.1. The number of carboxylic acids is 1. The zero-order valence-electron chi connectivity index (χ0n) is 9.76. The molecule has 0 bridgehead atoms. The molecule has 0 heterocycles. The van der Waals surface area contributed by atoms with Crippen LogP contribution in [0.15, 0.2) is 18.2 Å². The second kappa shape index (κ2) is 3.52. The molecule has 0 spiro atoms. The molecule has 1 saturated carbocycles. The van der Waals surface area contributed by atoms with Gasteiger partial charge in [-0.25, -0.2) is 8.78 Å². The summed E-state index contributed by atoms with van der Waals surface area (Å²) < 4.78 is 26.3. The van der Waals surface area contributed by atoms with Gasteiger partial charge < -0.3 is 5.11 Å². The maximum atomic E-state index is 13.1.